The average molecular weight is 404 g/mol. The van der Waals surface area contributed by atoms with Gasteiger partial charge in [-0.1, -0.05) is 13.8 Å². The van der Waals surface area contributed by atoms with Crippen LogP contribution in [0.3, 0.4) is 0 Å². The maximum absolute atomic E-state index is 11.9. The second kappa shape index (κ2) is 12.7. The Morgan fingerprint density at radius 2 is 1.75 bits per heavy atom. The number of nitrogens with two attached hydrogens (primary N) is 1. The Labute approximate surface area is 164 Å². The number of nitrogens with one attached hydrogen (secondary N) is 1. The molecule has 1 rings (SSSR count). The minimum atomic E-state index is -1.55. The fourth-order valence-electron chi connectivity index (χ4n) is 2.76. The van der Waals surface area contributed by atoms with E-state index >= 15 is 0 Å². The summed E-state index contributed by atoms with van der Waals surface area (Å²) in [5.74, 6) is -1.46. The molecule has 1 aliphatic heterocycles. The monoisotopic (exact) mass is 404 g/mol. The molecular weight excluding hydrogens is 372 g/mol. The molecule has 0 aromatic heterocycles. The van der Waals surface area contributed by atoms with Crippen LogP contribution in [0.4, 0.5) is 0 Å². The average Bonchev–Trinajstić information content (AvgIpc) is 2.64. The Bertz CT molecular complexity index is 516. The molecule has 1 aliphatic rings. The van der Waals surface area contributed by atoms with Gasteiger partial charge in [0.15, 0.2) is 12.4 Å². The molecule has 0 aromatic carbocycles. The molecule has 0 bridgehead atoms. The third-order valence-corrected chi connectivity index (χ3v) is 4.21. The number of aliphatic hydroxyl groups is 2. The van der Waals surface area contributed by atoms with Crippen LogP contribution in [-0.2, 0) is 28.6 Å². The molecule has 5 N–H and O–H groups in total. The maximum Gasteiger partial charge on any atom is 0.306 e. The topological polar surface area (TPSA) is 157 Å². The van der Waals surface area contributed by atoms with Gasteiger partial charge in [0.2, 0.25) is 5.91 Å². The number of hydrogen-bond donors (Lipinski definition) is 4. The van der Waals surface area contributed by atoms with Gasteiger partial charge in [-0.15, -0.1) is 0 Å². The molecule has 162 valence electrons. The van der Waals surface area contributed by atoms with Gasteiger partial charge in [0.25, 0.3) is 0 Å². The number of amides is 1. The summed E-state index contributed by atoms with van der Waals surface area (Å²) in [6.07, 6.45) is -3.24. The minimum absolute atomic E-state index is 0.115. The molecule has 1 amide bonds. The van der Waals surface area contributed by atoms with Crippen molar-refractivity contribution in [2.75, 3.05) is 13.2 Å². The van der Waals surface area contributed by atoms with Crippen LogP contribution in [0.1, 0.15) is 52.4 Å². The summed E-state index contributed by atoms with van der Waals surface area (Å²) in [6.45, 7) is 3.62. The highest BCUT2D eigenvalue weighted by Crippen LogP contribution is 2.24. The Hall–Kier alpha value is -1.75. The highest BCUT2D eigenvalue weighted by atomic mass is 16.7. The van der Waals surface area contributed by atoms with Gasteiger partial charge in [-0.05, 0) is 25.8 Å². The fraction of sp³-hybridized carbons (Fsp3) is 0.833. The zero-order valence-corrected chi connectivity index (χ0v) is 16.5. The summed E-state index contributed by atoms with van der Waals surface area (Å²) in [7, 11) is 0. The number of aliphatic hydroxyl groups excluding tert-OH is 2. The Morgan fingerprint density at radius 3 is 2.36 bits per heavy atom. The lowest BCUT2D eigenvalue weighted by Crippen LogP contribution is -2.65. The van der Waals surface area contributed by atoms with E-state index in [0.29, 0.717) is 25.8 Å². The molecule has 10 nitrogen and oxygen atoms in total. The number of rotatable bonds is 11. The molecule has 0 spiro atoms. The SMILES string of the molecule is CCCC(=O)N[C@H]1C(O)O[C@H](COC(=O)CCCN)[C@@H](OC(=O)CCC)[C@@H]1O. The van der Waals surface area contributed by atoms with Crippen molar-refractivity contribution >= 4 is 17.8 Å². The molecule has 0 aromatic rings. The zero-order valence-electron chi connectivity index (χ0n) is 16.5. The third kappa shape index (κ3) is 7.70. The Kier molecular flexibility index (Phi) is 11.0. The van der Waals surface area contributed by atoms with Crippen LogP contribution in [-0.4, -0.2) is 71.9 Å². The standard InChI is InChI=1S/C18H32N2O8/c1-3-6-12(21)20-15-16(24)17(28-14(23)7-4-2)11(27-18(15)25)10-26-13(22)8-5-9-19/h11,15-18,24-25H,3-10,19H2,1-2H3,(H,20,21)/t11-,15-,16-,17-,18?/m1/s1. The first-order valence-corrected chi connectivity index (χ1v) is 9.70. The summed E-state index contributed by atoms with van der Waals surface area (Å²) in [5, 5.41) is 23.3. The molecule has 1 fully saturated rings. The quantitative estimate of drug-likeness (QED) is 0.328. The van der Waals surface area contributed by atoms with E-state index in [9.17, 15) is 24.6 Å². The number of carbonyl (C=O) groups is 3. The van der Waals surface area contributed by atoms with Crippen LogP contribution in [0.15, 0.2) is 0 Å². The highest BCUT2D eigenvalue weighted by molar-refractivity contribution is 5.76. The van der Waals surface area contributed by atoms with E-state index in [1.165, 1.54) is 0 Å². The van der Waals surface area contributed by atoms with Crippen molar-refractivity contribution in [2.45, 2.75) is 83.0 Å². The van der Waals surface area contributed by atoms with Gasteiger partial charge in [0.1, 0.15) is 24.9 Å². The molecule has 5 atom stereocenters. The smallest absolute Gasteiger partial charge is 0.306 e. The second-order valence-corrected chi connectivity index (χ2v) is 6.68. The van der Waals surface area contributed by atoms with E-state index in [4.69, 9.17) is 19.9 Å². The van der Waals surface area contributed by atoms with Gasteiger partial charge >= 0.3 is 11.9 Å². The molecule has 0 aliphatic carbocycles. The van der Waals surface area contributed by atoms with Crippen molar-refractivity contribution in [1.29, 1.82) is 0 Å². The molecule has 0 radical (unpaired) electrons. The Balaban J connectivity index is 2.84. The van der Waals surface area contributed by atoms with E-state index < -0.39 is 42.6 Å². The number of hydrogen-bond acceptors (Lipinski definition) is 9. The number of carbonyl (C=O) groups excluding carboxylic acids is 3. The van der Waals surface area contributed by atoms with Crippen LogP contribution in [0, 0.1) is 0 Å². The van der Waals surface area contributed by atoms with E-state index in [-0.39, 0.29) is 31.8 Å². The van der Waals surface area contributed by atoms with Crippen LogP contribution in [0.2, 0.25) is 0 Å². The van der Waals surface area contributed by atoms with Crippen molar-refractivity contribution in [3.63, 3.8) is 0 Å². The van der Waals surface area contributed by atoms with Crippen molar-refractivity contribution < 1.29 is 38.8 Å². The van der Waals surface area contributed by atoms with Crippen LogP contribution in [0.5, 0.6) is 0 Å². The molecule has 10 heteroatoms. The van der Waals surface area contributed by atoms with Gasteiger partial charge in [-0.25, -0.2) is 0 Å². The molecule has 1 heterocycles. The van der Waals surface area contributed by atoms with Gasteiger partial charge < -0.3 is 35.5 Å². The fourth-order valence-corrected chi connectivity index (χ4v) is 2.76. The van der Waals surface area contributed by atoms with E-state index in [1.54, 1.807) is 6.92 Å². The zero-order chi connectivity index (χ0) is 21.1. The first kappa shape index (κ1) is 24.3. The van der Waals surface area contributed by atoms with E-state index in [0.717, 1.165) is 0 Å². The normalized spacial score (nSPS) is 27.1. The van der Waals surface area contributed by atoms with Crippen molar-refractivity contribution in [1.82, 2.24) is 5.32 Å². The summed E-state index contributed by atoms with van der Waals surface area (Å²) in [4.78, 5) is 35.5. The maximum atomic E-state index is 11.9. The summed E-state index contributed by atoms with van der Waals surface area (Å²) in [6, 6.07) is -1.18. The molecule has 1 unspecified atom stereocenters. The molecule has 1 saturated heterocycles. The predicted molar refractivity (Wildman–Crippen MR) is 97.8 cm³/mol. The van der Waals surface area contributed by atoms with Gasteiger partial charge in [-0.3, -0.25) is 14.4 Å². The van der Waals surface area contributed by atoms with Gasteiger partial charge in [0, 0.05) is 19.3 Å². The lowest BCUT2D eigenvalue weighted by Gasteiger charge is -2.42. The van der Waals surface area contributed by atoms with E-state index in [2.05, 4.69) is 5.32 Å². The second-order valence-electron chi connectivity index (χ2n) is 6.68. The van der Waals surface area contributed by atoms with Crippen molar-refractivity contribution in [3.8, 4) is 0 Å². The summed E-state index contributed by atoms with van der Waals surface area (Å²) >= 11 is 0. The first-order valence-electron chi connectivity index (χ1n) is 9.70. The number of ether oxygens (including phenoxy) is 3. The number of esters is 2. The van der Waals surface area contributed by atoms with Crippen LogP contribution >= 0.6 is 0 Å². The molecule has 0 saturated carbocycles. The molecule has 28 heavy (non-hydrogen) atoms. The van der Waals surface area contributed by atoms with Gasteiger partial charge in [-0.2, -0.15) is 0 Å². The summed E-state index contributed by atoms with van der Waals surface area (Å²) in [5.41, 5.74) is 5.34. The largest absolute Gasteiger partial charge is 0.463 e. The lowest BCUT2D eigenvalue weighted by molar-refractivity contribution is -0.261. The third-order valence-electron chi connectivity index (χ3n) is 4.21. The highest BCUT2D eigenvalue weighted by Gasteiger charge is 2.47. The predicted octanol–water partition coefficient (Wildman–Crippen LogP) is -0.657. The minimum Gasteiger partial charge on any atom is -0.463 e. The Morgan fingerprint density at radius 1 is 1.07 bits per heavy atom. The molecular formula is C18H32N2O8. The first-order chi connectivity index (χ1) is 13.3. The van der Waals surface area contributed by atoms with E-state index in [1.807, 2.05) is 6.92 Å². The van der Waals surface area contributed by atoms with Crippen LogP contribution < -0.4 is 11.1 Å². The van der Waals surface area contributed by atoms with Gasteiger partial charge in [0.05, 0.1) is 0 Å². The van der Waals surface area contributed by atoms with Crippen molar-refractivity contribution in [2.24, 2.45) is 5.73 Å². The van der Waals surface area contributed by atoms with Crippen molar-refractivity contribution in [3.05, 3.63) is 0 Å². The van der Waals surface area contributed by atoms with Crippen LogP contribution in [0.25, 0.3) is 0 Å². The summed E-state index contributed by atoms with van der Waals surface area (Å²) < 4.78 is 15.8. The lowest BCUT2D eigenvalue weighted by atomic mass is 9.96.